The zero-order chi connectivity index (χ0) is 29.8. The number of methoxy groups -OCH3 is 1. The van der Waals surface area contributed by atoms with Gasteiger partial charge in [0.2, 0.25) is 5.71 Å². The summed E-state index contributed by atoms with van der Waals surface area (Å²) in [5.74, 6) is 0.360. The lowest BCUT2D eigenvalue weighted by Gasteiger charge is -2.61. The van der Waals surface area contributed by atoms with Gasteiger partial charge in [0, 0.05) is 34.8 Å². The number of carbonyl (C=O) groups excluding carboxylic acids is 2. The molecule has 3 N–H and O–H groups in total. The van der Waals surface area contributed by atoms with E-state index in [2.05, 4.69) is 20.9 Å². The fourth-order valence-corrected chi connectivity index (χ4v) is 5.81. The lowest BCUT2D eigenvalue weighted by Crippen LogP contribution is -2.68. The number of aromatic nitrogens is 1. The van der Waals surface area contributed by atoms with Crippen molar-refractivity contribution in [1.29, 1.82) is 0 Å². The maximum Gasteiger partial charge on any atom is 0.405 e. The van der Waals surface area contributed by atoms with Crippen LogP contribution in [0, 0.1) is 12.8 Å². The molecule has 0 spiro atoms. The van der Waals surface area contributed by atoms with E-state index in [1.807, 2.05) is 19.1 Å². The summed E-state index contributed by atoms with van der Waals surface area (Å²) in [5.41, 5.74) is 2.49. The maximum atomic E-state index is 13.3. The van der Waals surface area contributed by atoms with Crippen molar-refractivity contribution >= 4 is 28.7 Å². The first kappa shape index (κ1) is 27.6. The number of fused-ring (bicyclic) bond motifs is 1. The fourth-order valence-electron chi connectivity index (χ4n) is 5.81. The molecule has 0 unspecified atom stereocenters. The number of carbonyl (C=O) groups is 2. The Balaban J connectivity index is 1.52. The molecule has 0 saturated heterocycles. The molecule has 2 bridgehead atoms. The summed E-state index contributed by atoms with van der Waals surface area (Å²) >= 11 is 0. The summed E-state index contributed by atoms with van der Waals surface area (Å²) < 4.78 is 51.6. The van der Waals surface area contributed by atoms with Gasteiger partial charge in [-0.1, -0.05) is 29.8 Å². The Morgan fingerprint density at radius 3 is 2.36 bits per heavy atom. The number of furan rings is 1. The molecule has 2 aromatic carbocycles. The Morgan fingerprint density at radius 1 is 1.05 bits per heavy atom. The van der Waals surface area contributed by atoms with Crippen molar-refractivity contribution in [1.82, 2.24) is 15.6 Å². The third-order valence-electron chi connectivity index (χ3n) is 8.08. The second-order valence-corrected chi connectivity index (χ2v) is 11.1. The Morgan fingerprint density at radius 2 is 1.76 bits per heavy atom. The molecular formula is C31H29F3N4O4. The molecule has 7 rings (SSSR count). The number of aryl methyl sites for hydroxylation is 1. The van der Waals surface area contributed by atoms with E-state index >= 15 is 0 Å². The van der Waals surface area contributed by atoms with Gasteiger partial charge in [-0.15, -0.1) is 0 Å². The highest BCUT2D eigenvalue weighted by molar-refractivity contribution is 6.12. The Hall–Kier alpha value is -4.54. The minimum Gasteiger partial charge on any atom is -0.496 e. The summed E-state index contributed by atoms with van der Waals surface area (Å²) in [6, 6.07) is 13.6. The smallest absolute Gasteiger partial charge is 0.405 e. The van der Waals surface area contributed by atoms with Crippen molar-refractivity contribution in [2.75, 3.05) is 26.0 Å². The molecule has 11 heteroatoms. The minimum atomic E-state index is -4.54. The van der Waals surface area contributed by atoms with Crippen LogP contribution in [0.15, 0.2) is 52.9 Å². The van der Waals surface area contributed by atoms with E-state index in [1.54, 1.807) is 36.4 Å². The molecule has 42 heavy (non-hydrogen) atoms. The number of hydrogen-bond donors (Lipinski definition) is 3. The van der Waals surface area contributed by atoms with Crippen LogP contribution in [-0.4, -0.2) is 49.2 Å². The van der Waals surface area contributed by atoms with Crippen LogP contribution in [0.25, 0.3) is 33.6 Å². The van der Waals surface area contributed by atoms with E-state index in [-0.39, 0.29) is 39.9 Å². The molecular weight excluding hydrogens is 549 g/mol. The second-order valence-electron chi connectivity index (χ2n) is 11.1. The molecule has 3 aliphatic rings. The first-order chi connectivity index (χ1) is 20.0. The molecule has 0 radical (unpaired) electrons. The number of pyridine rings is 1. The van der Waals surface area contributed by atoms with Crippen LogP contribution in [-0.2, 0) is 0 Å². The zero-order valence-electron chi connectivity index (χ0n) is 23.2. The highest BCUT2D eigenvalue weighted by Gasteiger charge is 2.57. The van der Waals surface area contributed by atoms with E-state index in [4.69, 9.17) is 9.15 Å². The van der Waals surface area contributed by atoms with Crippen molar-refractivity contribution in [2.24, 2.45) is 5.92 Å². The number of nitrogens with one attached hydrogen (secondary N) is 3. The average Bonchev–Trinajstić information content (AvgIpc) is 3.30. The normalized spacial score (nSPS) is 19.0. The van der Waals surface area contributed by atoms with Gasteiger partial charge in [0.05, 0.1) is 18.1 Å². The Bertz CT molecular complexity index is 1700. The van der Waals surface area contributed by atoms with Gasteiger partial charge in [-0.25, -0.2) is 0 Å². The van der Waals surface area contributed by atoms with Crippen molar-refractivity contribution < 1.29 is 31.9 Å². The number of halogens is 3. The van der Waals surface area contributed by atoms with Crippen LogP contribution >= 0.6 is 0 Å². The summed E-state index contributed by atoms with van der Waals surface area (Å²) in [4.78, 5) is 30.7. The van der Waals surface area contributed by atoms with Gasteiger partial charge in [0.15, 0.2) is 0 Å². The van der Waals surface area contributed by atoms with Crippen LogP contribution in [0.5, 0.6) is 5.75 Å². The molecule has 0 atom stereocenters. The summed E-state index contributed by atoms with van der Waals surface area (Å²) in [6.45, 7) is 0.559. The number of nitrogens with zero attached hydrogens (tertiary/aromatic N) is 1. The molecule has 3 fully saturated rings. The number of amides is 2. The number of rotatable bonds is 8. The van der Waals surface area contributed by atoms with Crippen LogP contribution in [0.4, 0.5) is 19.0 Å². The van der Waals surface area contributed by atoms with Crippen molar-refractivity contribution in [3.8, 4) is 28.2 Å². The molecule has 2 amide bonds. The lowest BCUT2D eigenvalue weighted by molar-refractivity contribution is -0.115. The van der Waals surface area contributed by atoms with Crippen LogP contribution < -0.4 is 20.7 Å². The minimum absolute atomic E-state index is 0.0194. The van der Waals surface area contributed by atoms with E-state index < -0.39 is 18.6 Å². The molecule has 3 aliphatic carbocycles. The quantitative estimate of drug-likeness (QED) is 0.234. The van der Waals surface area contributed by atoms with Gasteiger partial charge < -0.3 is 25.1 Å². The van der Waals surface area contributed by atoms with Gasteiger partial charge in [0.25, 0.3) is 11.8 Å². The standard InChI is InChI=1S/C31H29F3N4O4/c1-16-4-6-18(7-5-16)25-24(28(40)35-2)22-11-21(26(37-29(22)42-25)36-15-31(32,33)34)20-10-19(8-9-23(20)41-3)27(39)38-30-12-17(13-30)14-30/h4-11,17H,12-15H2,1-3H3,(H,35,40)(H,36,37)(H,38,39). The molecule has 3 saturated carbocycles. The van der Waals surface area contributed by atoms with Crippen LogP contribution in [0.3, 0.4) is 0 Å². The predicted molar refractivity (Wildman–Crippen MR) is 152 cm³/mol. The van der Waals surface area contributed by atoms with Gasteiger partial charge >= 0.3 is 6.18 Å². The first-order valence-corrected chi connectivity index (χ1v) is 13.6. The van der Waals surface area contributed by atoms with Gasteiger partial charge in [-0.3, -0.25) is 9.59 Å². The van der Waals surface area contributed by atoms with Gasteiger partial charge in [-0.2, -0.15) is 18.2 Å². The van der Waals surface area contributed by atoms with Crippen LogP contribution in [0.1, 0.15) is 45.5 Å². The van der Waals surface area contributed by atoms with Crippen LogP contribution in [0.2, 0.25) is 0 Å². The van der Waals surface area contributed by atoms with Gasteiger partial charge in [-0.05, 0) is 56.4 Å². The predicted octanol–water partition coefficient (Wildman–Crippen LogP) is 6.09. The summed E-state index contributed by atoms with van der Waals surface area (Å²) in [5, 5.41) is 8.39. The van der Waals surface area contributed by atoms with Crippen molar-refractivity contribution in [2.45, 2.75) is 37.9 Å². The van der Waals surface area contributed by atoms with Crippen molar-refractivity contribution in [3.63, 3.8) is 0 Å². The molecule has 4 aromatic rings. The molecule has 0 aliphatic heterocycles. The van der Waals surface area contributed by atoms with E-state index in [0.717, 1.165) is 24.8 Å². The van der Waals surface area contributed by atoms with Gasteiger partial charge in [0.1, 0.15) is 23.9 Å². The number of anilines is 1. The summed E-state index contributed by atoms with van der Waals surface area (Å²) in [7, 11) is 2.91. The molecule has 2 heterocycles. The number of benzene rings is 2. The first-order valence-electron chi connectivity index (χ1n) is 13.6. The lowest BCUT2D eigenvalue weighted by atomic mass is 9.50. The Kier molecular flexibility index (Phi) is 6.63. The maximum absolute atomic E-state index is 13.3. The topological polar surface area (TPSA) is 105 Å². The third-order valence-corrected chi connectivity index (χ3v) is 8.08. The molecule has 218 valence electrons. The van der Waals surface area contributed by atoms with E-state index in [1.165, 1.54) is 14.2 Å². The Labute approximate surface area is 239 Å². The zero-order valence-corrected chi connectivity index (χ0v) is 23.2. The third kappa shape index (κ3) is 4.93. The number of hydrogen-bond acceptors (Lipinski definition) is 6. The highest BCUT2D eigenvalue weighted by Crippen LogP contribution is 2.57. The number of alkyl halides is 3. The number of ether oxygens (including phenoxy) is 1. The average molecular weight is 579 g/mol. The SMILES string of the molecule is CNC(=O)c1c(-c2ccc(C)cc2)oc2nc(NCC(F)(F)F)c(-c3cc(C(=O)NC45CC(C4)C5)ccc3OC)cc12. The monoisotopic (exact) mass is 578 g/mol. The highest BCUT2D eigenvalue weighted by atomic mass is 19.4. The molecule has 8 nitrogen and oxygen atoms in total. The fraction of sp³-hybridized carbons (Fsp3) is 0.323. The van der Waals surface area contributed by atoms with E-state index in [0.29, 0.717) is 33.7 Å². The summed E-state index contributed by atoms with van der Waals surface area (Å²) in [6.07, 6.45) is -1.66. The second kappa shape index (κ2) is 10.1. The largest absolute Gasteiger partial charge is 0.496 e. The van der Waals surface area contributed by atoms with Crippen molar-refractivity contribution in [3.05, 3.63) is 65.2 Å². The molecule has 2 aromatic heterocycles. The van der Waals surface area contributed by atoms with E-state index in [9.17, 15) is 22.8 Å².